The van der Waals surface area contributed by atoms with Crippen LogP contribution in [0.5, 0.6) is 5.75 Å². The van der Waals surface area contributed by atoms with Gasteiger partial charge in [0.1, 0.15) is 5.75 Å². The molecule has 1 atom stereocenters. The highest BCUT2D eigenvalue weighted by atomic mass is 16.5. The summed E-state index contributed by atoms with van der Waals surface area (Å²) in [5, 5.41) is 3.29. The van der Waals surface area contributed by atoms with Crippen LogP contribution in [0.25, 0.3) is 0 Å². The average Bonchev–Trinajstić information content (AvgIpc) is 2.78. The molecule has 2 rings (SSSR count). The van der Waals surface area contributed by atoms with Crippen molar-refractivity contribution in [3.05, 3.63) is 24.3 Å². The van der Waals surface area contributed by atoms with Gasteiger partial charge in [-0.05, 0) is 43.7 Å². The van der Waals surface area contributed by atoms with Crippen LogP contribution in [-0.2, 0) is 4.79 Å². The normalized spacial score (nSPS) is 19.3. The molecule has 1 unspecified atom stereocenters. The van der Waals surface area contributed by atoms with Gasteiger partial charge in [0.15, 0.2) is 0 Å². The van der Waals surface area contributed by atoms with Crippen LogP contribution in [0.3, 0.4) is 0 Å². The molecular formula is C14H20N2O2. The number of nitrogens with zero attached hydrogens (tertiary/aromatic N) is 1. The molecule has 4 nitrogen and oxygen atoms in total. The average molecular weight is 248 g/mol. The molecule has 1 aromatic carbocycles. The Morgan fingerprint density at radius 2 is 2.11 bits per heavy atom. The minimum absolute atomic E-state index is 0.0212. The predicted molar refractivity (Wildman–Crippen MR) is 72.0 cm³/mol. The van der Waals surface area contributed by atoms with Crippen LogP contribution in [0.1, 0.15) is 19.8 Å². The van der Waals surface area contributed by atoms with Crippen LogP contribution in [-0.4, -0.2) is 32.1 Å². The number of ether oxygens (including phenoxy) is 1. The number of benzene rings is 1. The second-order valence-electron chi connectivity index (χ2n) is 4.48. The van der Waals surface area contributed by atoms with Crippen LogP contribution in [0.4, 0.5) is 5.69 Å². The fraction of sp³-hybridized carbons (Fsp3) is 0.500. The summed E-state index contributed by atoms with van der Waals surface area (Å²) >= 11 is 0. The quantitative estimate of drug-likeness (QED) is 0.864. The minimum Gasteiger partial charge on any atom is -0.497 e. The predicted octanol–water partition coefficient (Wildman–Crippen LogP) is 1.80. The topological polar surface area (TPSA) is 41.6 Å². The molecule has 1 saturated heterocycles. The molecule has 1 fully saturated rings. The first-order valence-electron chi connectivity index (χ1n) is 6.45. The van der Waals surface area contributed by atoms with E-state index in [9.17, 15) is 4.79 Å². The number of hydrogen-bond acceptors (Lipinski definition) is 3. The SMILES string of the molecule is CCCNC1CCN(c2ccc(OC)cc2)C1=O. The molecule has 1 aliphatic rings. The maximum atomic E-state index is 12.2. The molecule has 1 heterocycles. The highest BCUT2D eigenvalue weighted by Gasteiger charge is 2.31. The Morgan fingerprint density at radius 1 is 1.39 bits per heavy atom. The molecule has 0 aromatic heterocycles. The Hall–Kier alpha value is -1.55. The molecular weight excluding hydrogens is 228 g/mol. The van der Waals surface area contributed by atoms with Gasteiger partial charge >= 0.3 is 0 Å². The van der Waals surface area contributed by atoms with E-state index in [-0.39, 0.29) is 11.9 Å². The van der Waals surface area contributed by atoms with Crippen molar-refractivity contribution in [1.82, 2.24) is 5.32 Å². The summed E-state index contributed by atoms with van der Waals surface area (Å²) in [6, 6.07) is 7.61. The van der Waals surface area contributed by atoms with E-state index in [2.05, 4.69) is 12.2 Å². The van der Waals surface area contributed by atoms with E-state index in [4.69, 9.17) is 4.74 Å². The molecule has 0 aliphatic carbocycles. The maximum absolute atomic E-state index is 12.2. The molecule has 4 heteroatoms. The Kier molecular flexibility index (Phi) is 4.20. The fourth-order valence-corrected chi connectivity index (χ4v) is 2.21. The summed E-state index contributed by atoms with van der Waals surface area (Å²) in [6.07, 6.45) is 1.93. The van der Waals surface area contributed by atoms with E-state index >= 15 is 0 Å². The van der Waals surface area contributed by atoms with Crippen LogP contribution in [0.15, 0.2) is 24.3 Å². The number of methoxy groups -OCH3 is 1. The zero-order chi connectivity index (χ0) is 13.0. The van der Waals surface area contributed by atoms with Gasteiger partial charge in [-0.25, -0.2) is 0 Å². The summed E-state index contributed by atoms with van der Waals surface area (Å²) in [5.41, 5.74) is 0.946. The molecule has 1 aliphatic heterocycles. The third-order valence-electron chi connectivity index (χ3n) is 3.23. The summed E-state index contributed by atoms with van der Waals surface area (Å²) in [5.74, 6) is 0.986. The van der Waals surface area contributed by atoms with Crippen LogP contribution in [0.2, 0.25) is 0 Å². The molecule has 98 valence electrons. The Morgan fingerprint density at radius 3 is 2.72 bits per heavy atom. The van der Waals surface area contributed by atoms with E-state index in [1.807, 2.05) is 29.2 Å². The molecule has 0 saturated carbocycles. The van der Waals surface area contributed by atoms with Gasteiger partial charge in [-0.1, -0.05) is 6.92 Å². The summed E-state index contributed by atoms with van der Waals surface area (Å²) in [4.78, 5) is 14.0. The highest BCUT2D eigenvalue weighted by molar-refractivity contribution is 5.99. The van der Waals surface area contributed by atoms with Gasteiger partial charge in [0, 0.05) is 12.2 Å². The molecule has 18 heavy (non-hydrogen) atoms. The Bertz CT molecular complexity index is 403. The van der Waals surface area contributed by atoms with Crippen molar-refractivity contribution in [2.75, 3.05) is 25.1 Å². The lowest BCUT2D eigenvalue weighted by molar-refractivity contribution is -0.118. The van der Waals surface area contributed by atoms with Crippen molar-refractivity contribution in [3.63, 3.8) is 0 Å². The lowest BCUT2D eigenvalue weighted by Crippen LogP contribution is -2.38. The standard InChI is InChI=1S/C14H20N2O2/c1-3-9-15-13-8-10-16(14(13)17)11-4-6-12(18-2)7-5-11/h4-7,13,15H,3,8-10H2,1-2H3. The molecule has 1 N–H and O–H groups in total. The fourth-order valence-electron chi connectivity index (χ4n) is 2.21. The highest BCUT2D eigenvalue weighted by Crippen LogP contribution is 2.24. The number of hydrogen-bond donors (Lipinski definition) is 1. The van der Waals surface area contributed by atoms with Crippen molar-refractivity contribution in [3.8, 4) is 5.75 Å². The van der Waals surface area contributed by atoms with E-state index in [0.29, 0.717) is 0 Å². The van der Waals surface area contributed by atoms with Gasteiger partial charge in [-0.15, -0.1) is 0 Å². The van der Waals surface area contributed by atoms with E-state index in [0.717, 1.165) is 37.4 Å². The molecule has 0 bridgehead atoms. The smallest absolute Gasteiger partial charge is 0.244 e. The van der Waals surface area contributed by atoms with Gasteiger partial charge in [-0.3, -0.25) is 4.79 Å². The van der Waals surface area contributed by atoms with Gasteiger partial charge in [-0.2, -0.15) is 0 Å². The lowest BCUT2D eigenvalue weighted by Gasteiger charge is -2.17. The van der Waals surface area contributed by atoms with Gasteiger partial charge in [0.25, 0.3) is 0 Å². The number of rotatable bonds is 5. The zero-order valence-corrected chi connectivity index (χ0v) is 11.0. The molecule has 0 spiro atoms. The van der Waals surface area contributed by atoms with Crippen molar-refractivity contribution in [2.45, 2.75) is 25.8 Å². The van der Waals surface area contributed by atoms with E-state index in [1.165, 1.54) is 0 Å². The van der Waals surface area contributed by atoms with Gasteiger partial charge in [0.2, 0.25) is 5.91 Å². The number of anilines is 1. The molecule has 0 radical (unpaired) electrons. The zero-order valence-electron chi connectivity index (χ0n) is 11.0. The minimum atomic E-state index is -0.0212. The number of nitrogens with one attached hydrogen (secondary N) is 1. The largest absolute Gasteiger partial charge is 0.497 e. The van der Waals surface area contributed by atoms with Crippen molar-refractivity contribution in [2.24, 2.45) is 0 Å². The number of carbonyl (C=O) groups is 1. The maximum Gasteiger partial charge on any atom is 0.244 e. The third kappa shape index (κ3) is 2.64. The first-order chi connectivity index (χ1) is 8.76. The first-order valence-corrected chi connectivity index (χ1v) is 6.45. The van der Waals surface area contributed by atoms with E-state index in [1.54, 1.807) is 7.11 Å². The van der Waals surface area contributed by atoms with Crippen LogP contribution >= 0.6 is 0 Å². The monoisotopic (exact) mass is 248 g/mol. The van der Waals surface area contributed by atoms with Gasteiger partial charge < -0.3 is 15.0 Å². The summed E-state index contributed by atoms with van der Waals surface area (Å²) < 4.78 is 5.12. The van der Waals surface area contributed by atoms with Crippen LogP contribution < -0.4 is 15.0 Å². The van der Waals surface area contributed by atoms with Crippen molar-refractivity contribution >= 4 is 11.6 Å². The van der Waals surface area contributed by atoms with Crippen molar-refractivity contribution in [1.29, 1.82) is 0 Å². The summed E-state index contributed by atoms with van der Waals surface area (Å²) in [6.45, 7) is 3.78. The molecule has 1 amide bonds. The Labute approximate surface area is 108 Å². The first kappa shape index (κ1) is 12.9. The summed E-state index contributed by atoms with van der Waals surface area (Å²) in [7, 11) is 1.64. The second-order valence-corrected chi connectivity index (χ2v) is 4.48. The van der Waals surface area contributed by atoms with Gasteiger partial charge in [0.05, 0.1) is 13.2 Å². The Balaban J connectivity index is 2.03. The second kappa shape index (κ2) is 5.87. The van der Waals surface area contributed by atoms with E-state index < -0.39 is 0 Å². The lowest BCUT2D eigenvalue weighted by atomic mass is 10.2. The molecule has 1 aromatic rings. The number of amides is 1. The number of carbonyl (C=O) groups excluding carboxylic acids is 1. The van der Waals surface area contributed by atoms with Crippen molar-refractivity contribution < 1.29 is 9.53 Å². The third-order valence-corrected chi connectivity index (χ3v) is 3.23. The van der Waals surface area contributed by atoms with Crippen LogP contribution in [0, 0.1) is 0 Å².